The number of carbonyl (C=O) groups excluding carboxylic acids is 1. The summed E-state index contributed by atoms with van der Waals surface area (Å²) >= 11 is 14.8. The molecule has 0 radical (unpaired) electrons. The molecule has 0 heterocycles. The summed E-state index contributed by atoms with van der Waals surface area (Å²) in [6, 6.07) is 10.9. The number of rotatable bonds is 8. The summed E-state index contributed by atoms with van der Waals surface area (Å²) in [7, 11) is 0. The Morgan fingerprint density at radius 1 is 1.18 bits per heavy atom. The zero-order chi connectivity index (χ0) is 20.5. The van der Waals surface area contributed by atoms with E-state index >= 15 is 0 Å². The fourth-order valence-electron chi connectivity index (χ4n) is 2.52. The second-order valence-electron chi connectivity index (χ2n) is 6.42. The van der Waals surface area contributed by atoms with Gasteiger partial charge in [0.2, 0.25) is 0 Å². The number of amides is 1. The molecule has 150 valence electrons. The van der Waals surface area contributed by atoms with Crippen LogP contribution in [-0.2, 0) is 0 Å². The van der Waals surface area contributed by atoms with Gasteiger partial charge < -0.3 is 10.1 Å². The van der Waals surface area contributed by atoms with Crippen LogP contribution in [0, 0.1) is 6.92 Å². The molecule has 0 aliphatic rings. The van der Waals surface area contributed by atoms with E-state index in [1.165, 1.54) is 12.8 Å². The molecule has 0 fully saturated rings. The molecule has 7 heteroatoms. The summed E-state index contributed by atoms with van der Waals surface area (Å²) in [6.45, 7) is 4.66. The first kappa shape index (κ1) is 22.7. The van der Waals surface area contributed by atoms with Crippen LogP contribution in [0.25, 0.3) is 0 Å². The summed E-state index contributed by atoms with van der Waals surface area (Å²) < 4.78 is 6.62. The van der Waals surface area contributed by atoms with Crippen LogP contribution in [0.4, 0.5) is 5.69 Å². The third-order valence-corrected chi connectivity index (χ3v) is 5.20. The lowest BCUT2D eigenvalue weighted by Gasteiger charge is -2.14. The fraction of sp³-hybridized carbons (Fsp3) is 0.333. The van der Waals surface area contributed by atoms with Gasteiger partial charge in [-0.3, -0.25) is 10.1 Å². The first-order valence-corrected chi connectivity index (χ1v) is 10.8. The summed E-state index contributed by atoms with van der Waals surface area (Å²) in [5.74, 6) is 0.207. The summed E-state index contributed by atoms with van der Waals surface area (Å²) in [5, 5.41) is 6.49. The van der Waals surface area contributed by atoms with Crippen molar-refractivity contribution in [1.29, 1.82) is 0 Å². The number of unbranched alkanes of at least 4 members (excludes halogenated alkanes) is 3. The number of aryl methyl sites for hydroxylation is 1. The number of nitrogens with one attached hydrogen (secondary N) is 2. The molecule has 28 heavy (non-hydrogen) atoms. The number of hydrogen-bond acceptors (Lipinski definition) is 3. The van der Waals surface area contributed by atoms with Crippen molar-refractivity contribution in [3.05, 3.63) is 57.0 Å². The maximum absolute atomic E-state index is 12.7. The quantitative estimate of drug-likeness (QED) is 0.332. The number of ether oxygens (including phenoxy) is 1. The van der Waals surface area contributed by atoms with E-state index in [2.05, 4.69) is 33.5 Å². The highest BCUT2D eigenvalue weighted by molar-refractivity contribution is 9.10. The van der Waals surface area contributed by atoms with E-state index in [-0.39, 0.29) is 11.0 Å². The van der Waals surface area contributed by atoms with Crippen molar-refractivity contribution in [3.63, 3.8) is 0 Å². The lowest BCUT2D eigenvalue weighted by molar-refractivity contribution is 0.0973. The topological polar surface area (TPSA) is 50.4 Å². The summed E-state index contributed by atoms with van der Waals surface area (Å²) in [5.41, 5.74) is 2.11. The normalized spacial score (nSPS) is 10.4. The molecule has 4 nitrogen and oxygen atoms in total. The number of thiocarbonyl (C=S) groups is 1. The molecule has 0 saturated carbocycles. The van der Waals surface area contributed by atoms with Gasteiger partial charge in [-0.15, -0.1) is 0 Å². The van der Waals surface area contributed by atoms with Crippen LogP contribution in [0.1, 0.15) is 48.5 Å². The van der Waals surface area contributed by atoms with Crippen molar-refractivity contribution in [2.24, 2.45) is 0 Å². The second kappa shape index (κ2) is 11.4. The predicted molar refractivity (Wildman–Crippen MR) is 124 cm³/mol. The minimum absolute atomic E-state index is 0.193. The highest BCUT2D eigenvalue weighted by Crippen LogP contribution is 2.24. The number of halogens is 2. The van der Waals surface area contributed by atoms with Crippen molar-refractivity contribution >= 4 is 56.5 Å². The van der Waals surface area contributed by atoms with Crippen LogP contribution < -0.4 is 15.4 Å². The Morgan fingerprint density at radius 2 is 1.96 bits per heavy atom. The maximum atomic E-state index is 12.7. The van der Waals surface area contributed by atoms with Crippen LogP contribution in [0.5, 0.6) is 5.75 Å². The molecule has 0 unspecified atom stereocenters. The lowest BCUT2D eigenvalue weighted by Crippen LogP contribution is -2.34. The SMILES string of the molecule is CCCCCCOc1ccc(Br)cc1C(=O)NC(=S)Nc1ccc(C)c(Cl)c1. The van der Waals surface area contributed by atoms with Crippen molar-refractivity contribution in [3.8, 4) is 5.75 Å². The van der Waals surface area contributed by atoms with Crippen LogP contribution in [0.2, 0.25) is 5.02 Å². The Bertz CT molecular complexity index is 845. The van der Waals surface area contributed by atoms with E-state index in [9.17, 15) is 4.79 Å². The van der Waals surface area contributed by atoms with Gasteiger partial charge in [-0.25, -0.2) is 0 Å². The van der Waals surface area contributed by atoms with E-state index < -0.39 is 0 Å². The minimum atomic E-state index is -0.333. The van der Waals surface area contributed by atoms with Crippen LogP contribution >= 0.6 is 39.7 Å². The number of anilines is 1. The molecule has 0 spiro atoms. The standard InChI is InChI=1S/C21H24BrClN2O2S/c1-3-4-5-6-11-27-19-10-8-15(22)12-17(19)20(26)25-21(28)24-16-9-7-14(2)18(23)13-16/h7-10,12-13H,3-6,11H2,1-2H3,(H2,24,25,26,28). The van der Waals surface area contributed by atoms with Gasteiger partial charge in [-0.1, -0.05) is 59.8 Å². The van der Waals surface area contributed by atoms with E-state index in [1.807, 2.05) is 25.1 Å². The zero-order valence-corrected chi connectivity index (χ0v) is 19.1. The van der Waals surface area contributed by atoms with Crippen molar-refractivity contribution in [2.45, 2.75) is 39.5 Å². The second-order valence-corrected chi connectivity index (χ2v) is 8.15. The molecule has 0 aliphatic heterocycles. The average Bonchev–Trinajstić information content (AvgIpc) is 2.65. The highest BCUT2D eigenvalue weighted by Gasteiger charge is 2.15. The predicted octanol–water partition coefficient (Wildman–Crippen LogP) is 6.50. The molecule has 2 rings (SSSR count). The Balaban J connectivity index is 2.00. The largest absolute Gasteiger partial charge is 0.493 e. The van der Waals surface area contributed by atoms with E-state index in [4.69, 9.17) is 28.6 Å². The molecule has 0 aromatic heterocycles. The van der Waals surface area contributed by atoms with Crippen LogP contribution in [-0.4, -0.2) is 17.6 Å². The lowest BCUT2D eigenvalue weighted by atomic mass is 10.2. The number of benzene rings is 2. The zero-order valence-electron chi connectivity index (χ0n) is 16.0. The fourth-order valence-corrected chi connectivity index (χ4v) is 3.27. The minimum Gasteiger partial charge on any atom is -0.493 e. The molecule has 2 N–H and O–H groups in total. The molecule has 1 amide bonds. The van der Waals surface area contributed by atoms with E-state index in [1.54, 1.807) is 18.2 Å². The average molecular weight is 484 g/mol. The molecular formula is C21H24BrClN2O2S. The Kier molecular flexibility index (Phi) is 9.22. The smallest absolute Gasteiger partial charge is 0.261 e. The maximum Gasteiger partial charge on any atom is 0.261 e. The molecule has 2 aromatic rings. The first-order chi connectivity index (χ1) is 13.4. The molecule has 0 aliphatic carbocycles. The van der Waals surface area contributed by atoms with Crippen LogP contribution in [0.3, 0.4) is 0 Å². The van der Waals surface area contributed by atoms with Gasteiger partial charge in [-0.2, -0.15) is 0 Å². The molecule has 0 atom stereocenters. The Labute approximate surface area is 185 Å². The van der Waals surface area contributed by atoms with Crippen molar-refractivity contribution in [1.82, 2.24) is 5.32 Å². The van der Waals surface area contributed by atoms with Gasteiger partial charge in [0.15, 0.2) is 5.11 Å². The molecule has 0 saturated heterocycles. The van der Waals surface area contributed by atoms with Gasteiger partial charge in [0, 0.05) is 15.2 Å². The molecule has 2 aromatic carbocycles. The Morgan fingerprint density at radius 3 is 2.68 bits per heavy atom. The monoisotopic (exact) mass is 482 g/mol. The number of hydrogen-bond donors (Lipinski definition) is 2. The van der Waals surface area contributed by atoms with Crippen molar-refractivity contribution < 1.29 is 9.53 Å². The van der Waals surface area contributed by atoms with Gasteiger partial charge in [0.1, 0.15) is 5.75 Å². The van der Waals surface area contributed by atoms with Gasteiger partial charge in [-0.05, 0) is 61.5 Å². The third-order valence-electron chi connectivity index (χ3n) is 4.10. The van der Waals surface area contributed by atoms with Gasteiger partial charge in [0.05, 0.1) is 12.2 Å². The Hall–Kier alpha value is -1.63. The summed E-state index contributed by atoms with van der Waals surface area (Å²) in [6.07, 6.45) is 4.42. The number of carbonyl (C=O) groups is 1. The van der Waals surface area contributed by atoms with Gasteiger partial charge >= 0.3 is 0 Å². The molecular weight excluding hydrogens is 460 g/mol. The van der Waals surface area contributed by atoms with Gasteiger partial charge in [0.25, 0.3) is 5.91 Å². The van der Waals surface area contributed by atoms with E-state index in [0.29, 0.717) is 28.6 Å². The molecule has 0 bridgehead atoms. The van der Waals surface area contributed by atoms with Crippen LogP contribution in [0.15, 0.2) is 40.9 Å². The summed E-state index contributed by atoms with van der Waals surface area (Å²) in [4.78, 5) is 12.7. The van der Waals surface area contributed by atoms with Crippen molar-refractivity contribution in [2.75, 3.05) is 11.9 Å². The highest BCUT2D eigenvalue weighted by atomic mass is 79.9. The first-order valence-electron chi connectivity index (χ1n) is 9.21. The van der Waals surface area contributed by atoms with E-state index in [0.717, 1.165) is 22.9 Å². The third kappa shape index (κ3) is 7.08.